The molecule has 1 aromatic carbocycles. The Morgan fingerprint density at radius 1 is 1.33 bits per heavy atom. The molecule has 0 bridgehead atoms. The molecule has 2 aromatic rings. The molecule has 24 heavy (non-hydrogen) atoms. The summed E-state index contributed by atoms with van der Waals surface area (Å²) in [6, 6.07) is 6.11. The second kappa shape index (κ2) is 7.34. The molecule has 7 heteroatoms. The Labute approximate surface area is 146 Å². The third-order valence-electron chi connectivity index (χ3n) is 4.51. The molecule has 1 aliphatic rings. The van der Waals surface area contributed by atoms with Crippen molar-refractivity contribution in [2.24, 2.45) is 5.92 Å². The SMILES string of the molecule is Cc1ccc(-n2nnnc2SCC(=O)N2CCC[C@H](C)C2)cc1C. The van der Waals surface area contributed by atoms with Crippen molar-refractivity contribution < 1.29 is 4.79 Å². The van der Waals surface area contributed by atoms with E-state index in [1.54, 1.807) is 4.68 Å². The Hall–Kier alpha value is -1.89. The van der Waals surface area contributed by atoms with Crippen LogP contribution in [0.4, 0.5) is 0 Å². The van der Waals surface area contributed by atoms with Crippen LogP contribution in [0.1, 0.15) is 30.9 Å². The molecule has 1 amide bonds. The van der Waals surface area contributed by atoms with Crippen LogP contribution in [0.25, 0.3) is 5.69 Å². The van der Waals surface area contributed by atoms with Gasteiger partial charge in [-0.15, -0.1) is 5.10 Å². The van der Waals surface area contributed by atoms with Crippen LogP contribution in [0.2, 0.25) is 0 Å². The molecule has 2 heterocycles. The maximum atomic E-state index is 12.4. The number of hydrogen-bond acceptors (Lipinski definition) is 5. The summed E-state index contributed by atoms with van der Waals surface area (Å²) >= 11 is 1.40. The molecule has 1 aromatic heterocycles. The van der Waals surface area contributed by atoms with Gasteiger partial charge in [0.25, 0.3) is 0 Å². The average molecular weight is 345 g/mol. The standard InChI is InChI=1S/C17H23N5OS/c1-12-5-4-8-21(10-12)16(23)11-24-17-18-19-20-22(17)15-7-6-13(2)14(3)9-15/h6-7,9,12H,4-5,8,10-11H2,1-3H3/t12-/m0/s1. The lowest BCUT2D eigenvalue weighted by atomic mass is 10.0. The summed E-state index contributed by atoms with van der Waals surface area (Å²) in [6.07, 6.45) is 2.31. The Morgan fingerprint density at radius 2 is 2.17 bits per heavy atom. The quantitative estimate of drug-likeness (QED) is 0.797. The van der Waals surface area contributed by atoms with Crippen LogP contribution in [0.15, 0.2) is 23.4 Å². The maximum absolute atomic E-state index is 12.4. The third-order valence-corrected chi connectivity index (χ3v) is 5.41. The van der Waals surface area contributed by atoms with Crippen molar-refractivity contribution in [2.45, 2.75) is 38.8 Å². The molecule has 1 aliphatic heterocycles. The fraction of sp³-hybridized carbons (Fsp3) is 0.529. The molecule has 6 nitrogen and oxygen atoms in total. The molecule has 1 atom stereocenters. The van der Waals surface area contributed by atoms with Crippen LogP contribution in [0.3, 0.4) is 0 Å². The van der Waals surface area contributed by atoms with Crippen molar-refractivity contribution in [1.82, 2.24) is 25.1 Å². The second-order valence-electron chi connectivity index (χ2n) is 6.52. The molecule has 3 rings (SSSR count). The highest BCUT2D eigenvalue weighted by Gasteiger charge is 2.21. The number of nitrogens with zero attached hydrogens (tertiary/aromatic N) is 5. The number of tetrazole rings is 1. The molecule has 0 radical (unpaired) electrons. The van der Waals surface area contributed by atoms with Gasteiger partial charge < -0.3 is 4.90 Å². The zero-order chi connectivity index (χ0) is 17.1. The van der Waals surface area contributed by atoms with Crippen molar-refractivity contribution in [3.05, 3.63) is 29.3 Å². The number of hydrogen-bond donors (Lipinski definition) is 0. The average Bonchev–Trinajstić information content (AvgIpc) is 3.03. The van der Waals surface area contributed by atoms with Crippen molar-refractivity contribution >= 4 is 17.7 Å². The molecule has 0 unspecified atom stereocenters. The lowest BCUT2D eigenvalue weighted by Crippen LogP contribution is -2.40. The summed E-state index contributed by atoms with van der Waals surface area (Å²) < 4.78 is 1.70. The molecule has 128 valence electrons. The Balaban J connectivity index is 1.67. The predicted molar refractivity (Wildman–Crippen MR) is 94.3 cm³/mol. The number of amides is 1. The zero-order valence-electron chi connectivity index (χ0n) is 14.4. The van der Waals surface area contributed by atoms with E-state index in [0.29, 0.717) is 16.8 Å². The van der Waals surface area contributed by atoms with Gasteiger partial charge in [-0.2, -0.15) is 4.68 Å². The summed E-state index contributed by atoms with van der Waals surface area (Å²) in [5.74, 6) is 1.13. The number of piperidine rings is 1. The van der Waals surface area contributed by atoms with Gasteiger partial charge in [-0.05, 0) is 66.3 Å². The summed E-state index contributed by atoms with van der Waals surface area (Å²) in [5.41, 5.74) is 3.34. The van der Waals surface area contributed by atoms with E-state index in [1.165, 1.54) is 29.3 Å². The fourth-order valence-electron chi connectivity index (χ4n) is 2.92. The number of likely N-dealkylation sites (tertiary alicyclic amines) is 1. The van der Waals surface area contributed by atoms with Crippen LogP contribution in [0, 0.1) is 19.8 Å². The molecule has 1 saturated heterocycles. The molecule has 0 N–H and O–H groups in total. The summed E-state index contributed by atoms with van der Waals surface area (Å²) in [6.45, 7) is 8.07. The number of carbonyl (C=O) groups is 1. The van der Waals surface area contributed by atoms with Gasteiger partial charge in [-0.1, -0.05) is 24.8 Å². The number of aromatic nitrogens is 4. The van der Waals surface area contributed by atoms with Gasteiger partial charge in [0, 0.05) is 13.1 Å². The minimum Gasteiger partial charge on any atom is -0.342 e. The van der Waals surface area contributed by atoms with Gasteiger partial charge >= 0.3 is 0 Å². The number of aryl methyl sites for hydroxylation is 2. The van der Waals surface area contributed by atoms with E-state index < -0.39 is 0 Å². The predicted octanol–water partition coefficient (Wildman–Crippen LogP) is 2.63. The highest BCUT2D eigenvalue weighted by Crippen LogP contribution is 2.22. The largest absolute Gasteiger partial charge is 0.342 e. The Kier molecular flexibility index (Phi) is 5.18. The number of rotatable bonds is 4. The smallest absolute Gasteiger partial charge is 0.233 e. The monoisotopic (exact) mass is 345 g/mol. The maximum Gasteiger partial charge on any atom is 0.233 e. The zero-order valence-corrected chi connectivity index (χ0v) is 15.2. The summed E-state index contributed by atoms with van der Waals surface area (Å²) in [5, 5.41) is 12.6. The van der Waals surface area contributed by atoms with Crippen molar-refractivity contribution in [3.63, 3.8) is 0 Å². The fourth-order valence-corrected chi connectivity index (χ4v) is 3.72. The van der Waals surface area contributed by atoms with Gasteiger partial charge in [-0.25, -0.2) is 0 Å². The summed E-state index contributed by atoms with van der Waals surface area (Å²) in [7, 11) is 0. The van der Waals surface area contributed by atoms with Gasteiger partial charge in [0.2, 0.25) is 11.1 Å². The van der Waals surface area contributed by atoms with E-state index in [4.69, 9.17) is 0 Å². The van der Waals surface area contributed by atoms with E-state index >= 15 is 0 Å². The molecule has 1 fully saturated rings. The minimum absolute atomic E-state index is 0.168. The lowest BCUT2D eigenvalue weighted by molar-refractivity contribution is -0.130. The first-order chi connectivity index (χ1) is 11.5. The van der Waals surface area contributed by atoms with Gasteiger partial charge in [-0.3, -0.25) is 4.79 Å². The van der Waals surface area contributed by atoms with Crippen molar-refractivity contribution in [3.8, 4) is 5.69 Å². The highest BCUT2D eigenvalue weighted by atomic mass is 32.2. The van der Waals surface area contributed by atoms with Crippen LogP contribution in [0.5, 0.6) is 0 Å². The third kappa shape index (κ3) is 3.77. The molecule has 0 saturated carbocycles. The van der Waals surface area contributed by atoms with Crippen LogP contribution in [-0.2, 0) is 4.79 Å². The Bertz CT molecular complexity index is 730. The Morgan fingerprint density at radius 3 is 2.92 bits per heavy atom. The highest BCUT2D eigenvalue weighted by molar-refractivity contribution is 7.99. The van der Waals surface area contributed by atoms with E-state index in [9.17, 15) is 4.79 Å². The van der Waals surface area contributed by atoms with E-state index in [-0.39, 0.29) is 5.91 Å². The van der Waals surface area contributed by atoms with Crippen molar-refractivity contribution in [1.29, 1.82) is 0 Å². The van der Waals surface area contributed by atoms with Gasteiger partial charge in [0.15, 0.2) is 0 Å². The summed E-state index contributed by atoms with van der Waals surface area (Å²) in [4.78, 5) is 14.4. The lowest BCUT2D eigenvalue weighted by Gasteiger charge is -2.30. The molecule has 0 spiro atoms. The van der Waals surface area contributed by atoms with Crippen LogP contribution >= 0.6 is 11.8 Å². The number of benzene rings is 1. The van der Waals surface area contributed by atoms with Gasteiger partial charge in [0.05, 0.1) is 11.4 Å². The normalized spacial score (nSPS) is 18.0. The second-order valence-corrected chi connectivity index (χ2v) is 7.46. The van der Waals surface area contributed by atoms with Gasteiger partial charge in [0.1, 0.15) is 0 Å². The van der Waals surface area contributed by atoms with E-state index in [1.807, 2.05) is 11.0 Å². The van der Waals surface area contributed by atoms with Crippen LogP contribution < -0.4 is 0 Å². The van der Waals surface area contributed by atoms with E-state index in [2.05, 4.69) is 48.4 Å². The molecule has 0 aliphatic carbocycles. The number of carbonyl (C=O) groups excluding carboxylic acids is 1. The van der Waals surface area contributed by atoms with Crippen molar-refractivity contribution in [2.75, 3.05) is 18.8 Å². The molecular weight excluding hydrogens is 322 g/mol. The van der Waals surface area contributed by atoms with E-state index in [0.717, 1.165) is 25.2 Å². The first-order valence-corrected chi connectivity index (χ1v) is 9.29. The first kappa shape index (κ1) is 17.0. The first-order valence-electron chi connectivity index (χ1n) is 8.31. The molecular formula is C17H23N5OS. The van der Waals surface area contributed by atoms with Crippen LogP contribution in [-0.4, -0.2) is 49.9 Å². The topological polar surface area (TPSA) is 63.9 Å². The number of thioether (sulfide) groups is 1. The minimum atomic E-state index is 0.168.